The van der Waals surface area contributed by atoms with Gasteiger partial charge in [0, 0.05) is 0 Å². The van der Waals surface area contributed by atoms with E-state index >= 15 is 0 Å². The molecule has 106 valence electrons. The van der Waals surface area contributed by atoms with Crippen molar-refractivity contribution in [1.29, 1.82) is 0 Å². The van der Waals surface area contributed by atoms with E-state index in [0.29, 0.717) is 5.56 Å². The standard InChI is InChI=1S/C11H16NO6P.2Na/c1-2-17-11(13)12-10(8-18-19(14,15)16)9-6-4-3-5-7-9;;/h3-7,10H,2,8H2,1H3,(H,12,13)(H2,14,15,16);;/q;2*+1/p-2/t10-;;/m1../s1. The van der Waals surface area contributed by atoms with Gasteiger partial charge in [-0.05, 0) is 12.5 Å². The first-order valence-electron chi connectivity index (χ1n) is 5.57. The number of benzene rings is 1. The molecule has 10 heteroatoms. The normalized spacial score (nSPS) is 11.6. The molecule has 1 aromatic carbocycles. The van der Waals surface area contributed by atoms with Crippen LogP contribution in [0.4, 0.5) is 4.79 Å². The first-order chi connectivity index (χ1) is 8.92. The maximum atomic E-state index is 11.3. The number of hydrogen-bond acceptors (Lipinski definition) is 6. The zero-order valence-electron chi connectivity index (χ0n) is 12.3. The van der Waals surface area contributed by atoms with E-state index in [2.05, 4.69) is 9.84 Å². The van der Waals surface area contributed by atoms with Gasteiger partial charge in [0.1, 0.15) is 0 Å². The first kappa shape index (κ1) is 23.9. The smallest absolute Gasteiger partial charge is 0.790 e. The molecule has 1 rings (SSSR count). The summed E-state index contributed by atoms with van der Waals surface area (Å²) in [5, 5.41) is 2.42. The van der Waals surface area contributed by atoms with Crippen molar-refractivity contribution in [3.8, 4) is 0 Å². The molecule has 0 fully saturated rings. The molecule has 0 aromatic heterocycles. The summed E-state index contributed by atoms with van der Waals surface area (Å²) in [6.07, 6.45) is -0.716. The van der Waals surface area contributed by atoms with Gasteiger partial charge in [-0.2, -0.15) is 0 Å². The van der Waals surface area contributed by atoms with Crippen molar-refractivity contribution in [2.24, 2.45) is 0 Å². The summed E-state index contributed by atoms with van der Waals surface area (Å²) in [7, 11) is -5.09. The third-order valence-corrected chi connectivity index (χ3v) is 2.63. The Morgan fingerprint density at radius 3 is 2.33 bits per heavy atom. The molecule has 1 atom stereocenters. The number of amides is 1. The average Bonchev–Trinajstić information content (AvgIpc) is 2.35. The summed E-state index contributed by atoms with van der Waals surface area (Å²) in [5.74, 6) is 0. The van der Waals surface area contributed by atoms with Crippen LogP contribution in [0.25, 0.3) is 0 Å². The first-order valence-corrected chi connectivity index (χ1v) is 7.03. The summed E-state index contributed by atoms with van der Waals surface area (Å²) < 4.78 is 19.4. The predicted molar refractivity (Wildman–Crippen MR) is 62.9 cm³/mol. The second-order valence-corrected chi connectivity index (χ2v) is 4.72. The van der Waals surface area contributed by atoms with Crippen LogP contribution in [0, 0.1) is 0 Å². The van der Waals surface area contributed by atoms with Crippen LogP contribution in [0.15, 0.2) is 30.3 Å². The number of nitrogens with one attached hydrogen (secondary N) is 1. The number of carbonyl (C=O) groups is 1. The summed E-state index contributed by atoms with van der Waals surface area (Å²) in [6, 6.07) is 7.74. The number of carbonyl (C=O) groups excluding carboxylic acids is 1. The minimum Gasteiger partial charge on any atom is -0.790 e. The Hall–Kier alpha value is 0.600. The minimum absolute atomic E-state index is 0. The van der Waals surface area contributed by atoms with Gasteiger partial charge in [0.15, 0.2) is 0 Å². The summed E-state index contributed by atoms with van der Waals surface area (Å²) in [6.45, 7) is 1.33. The molecule has 7 nitrogen and oxygen atoms in total. The third kappa shape index (κ3) is 10.9. The summed E-state index contributed by atoms with van der Waals surface area (Å²) in [5.41, 5.74) is 0.601. The molecule has 1 N–H and O–H groups in total. The van der Waals surface area contributed by atoms with E-state index in [-0.39, 0.29) is 65.7 Å². The van der Waals surface area contributed by atoms with Crippen molar-refractivity contribution in [2.75, 3.05) is 13.2 Å². The molecule has 0 saturated carbocycles. The van der Waals surface area contributed by atoms with Crippen molar-refractivity contribution in [1.82, 2.24) is 5.32 Å². The van der Waals surface area contributed by atoms with Crippen molar-refractivity contribution < 1.29 is 87.5 Å². The van der Waals surface area contributed by atoms with Crippen molar-refractivity contribution in [2.45, 2.75) is 13.0 Å². The van der Waals surface area contributed by atoms with Crippen LogP contribution in [0.3, 0.4) is 0 Å². The molecule has 0 saturated heterocycles. The zero-order chi connectivity index (χ0) is 14.3. The number of alkyl carbamates (subject to hydrolysis) is 1. The molecule has 1 aromatic rings. The van der Waals surface area contributed by atoms with Gasteiger partial charge in [-0.25, -0.2) is 4.79 Å². The molecule has 0 bridgehead atoms. The van der Waals surface area contributed by atoms with Crippen LogP contribution < -0.4 is 74.2 Å². The van der Waals surface area contributed by atoms with Crippen LogP contribution in [-0.2, 0) is 13.8 Å². The van der Waals surface area contributed by atoms with Crippen LogP contribution in [0.1, 0.15) is 18.5 Å². The Morgan fingerprint density at radius 1 is 1.29 bits per heavy atom. The van der Waals surface area contributed by atoms with E-state index in [9.17, 15) is 19.1 Å². The largest absolute Gasteiger partial charge is 1.00 e. The maximum Gasteiger partial charge on any atom is 1.00 e. The topological polar surface area (TPSA) is 111 Å². The van der Waals surface area contributed by atoms with E-state index in [1.807, 2.05) is 0 Å². The van der Waals surface area contributed by atoms with Gasteiger partial charge in [0.25, 0.3) is 0 Å². The zero-order valence-corrected chi connectivity index (χ0v) is 17.2. The minimum atomic E-state index is -5.09. The number of phosphoric ester groups is 1. The third-order valence-electron chi connectivity index (χ3n) is 2.17. The van der Waals surface area contributed by atoms with E-state index < -0.39 is 26.6 Å². The number of rotatable bonds is 6. The fourth-order valence-corrected chi connectivity index (χ4v) is 1.72. The molecule has 1 amide bonds. The van der Waals surface area contributed by atoms with Crippen molar-refractivity contribution in [3.63, 3.8) is 0 Å². The Balaban J connectivity index is 0. The van der Waals surface area contributed by atoms with Crippen LogP contribution in [-0.4, -0.2) is 19.3 Å². The predicted octanol–water partition coefficient (Wildman–Crippen LogP) is -5.67. The summed E-state index contributed by atoms with van der Waals surface area (Å²) >= 11 is 0. The van der Waals surface area contributed by atoms with Gasteiger partial charge in [0.2, 0.25) is 0 Å². The number of phosphoric acid groups is 1. The Bertz CT molecular complexity index is 455. The fourth-order valence-electron chi connectivity index (χ4n) is 1.39. The molecular weight excluding hydrogens is 319 g/mol. The van der Waals surface area contributed by atoms with Gasteiger partial charge in [-0.3, -0.25) is 0 Å². The Kier molecular flexibility index (Phi) is 13.7. The van der Waals surface area contributed by atoms with E-state index in [1.165, 1.54) is 0 Å². The quantitative estimate of drug-likeness (QED) is 0.410. The van der Waals surface area contributed by atoms with Gasteiger partial charge in [0.05, 0.1) is 27.1 Å². The summed E-state index contributed by atoms with van der Waals surface area (Å²) in [4.78, 5) is 32.3. The Labute approximate surface area is 167 Å². The fraction of sp³-hybridized carbons (Fsp3) is 0.364. The molecule has 0 aliphatic rings. The average molecular weight is 333 g/mol. The molecule has 0 radical (unpaired) electrons. The second kappa shape index (κ2) is 12.1. The van der Waals surface area contributed by atoms with Crippen LogP contribution >= 0.6 is 7.82 Å². The molecule has 0 heterocycles. The molecule has 0 spiro atoms. The van der Waals surface area contributed by atoms with E-state index in [0.717, 1.165) is 0 Å². The van der Waals surface area contributed by atoms with Crippen LogP contribution in [0.2, 0.25) is 0 Å². The number of hydrogen-bond donors (Lipinski definition) is 1. The molecule has 0 aliphatic carbocycles. The van der Waals surface area contributed by atoms with Crippen molar-refractivity contribution >= 4 is 13.9 Å². The van der Waals surface area contributed by atoms with Crippen LogP contribution in [0.5, 0.6) is 0 Å². The van der Waals surface area contributed by atoms with Crippen molar-refractivity contribution in [3.05, 3.63) is 35.9 Å². The molecule has 21 heavy (non-hydrogen) atoms. The molecular formula is C11H14NNa2O6P. The van der Waals surface area contributed by atoms with Gasteiger partial charge < -0.3 is 28.9 Å². The van der Waals surface area contributed by atoms with E-state index in [4.69, 9.17) is 4.74 Å². The van der Waals surface area contributed by atoms with Gasteiger partial charge in [-0.1, -0.05) is 30.3 Å². The van der Waals surface area contributed by atoms with E-state index in [1.54, 1.807) is 37.3 Å². The number of ether oxygens (including phenoxy) is 1. The van der Waals surface area contributed by atoms with Gasteiger partial charge in [-0.15, -0.1) is 0 Å². The monoisotopic (exact) mass is 333 g/mol. The molecule has 0 unspecified atom stereocenters. The maximum absolute atomic E-state index is 11.3. The second-order valence-electron chi connectivity index (χ2n) is 3.57. The van der Waals surface area contributed by atoms with Gasteiger partial charge >= 0.3 is 65.2 Å². The molecule has 0 aliphatic heterocycles. The Morgan fingerprint density at radius 2 is 1.86 bits per heavy atom. The SMILES string of the molecule is CCOC(=O)N[C@H](COP(=O)([O-])[O-])c1ccccc1.[Na+].[Na+].